The lowest BCUT2D eigenvalue weighted by Gasteiger charge is -2.17. The zero-order valence-electron chi connectivity index (χ0n) is 14.0. The molecule has 0 bridgehead atoms. The van der Waals surface area contributed by atoms with Crippen LogP contribution in [0.5, 0.6) is 0 Å². The maximum Gasteiger partial charge on any atom is 0.253 e. The summed E-state index contributed by atoms with van der Waals surface area (Å²) in [6, 6.07) is 13.5. The molecule has 5 nitrogen and oxygen atoms in total. The number of amides is 1. The van der Waals surface area contributed by atoms with Crippen LogP contribution in [0, 0.1) is 0 Å². The fraction of sp³-hybridized carbons (Fsp3) is 0.250. The smallest absolute Gasteiger partial charge is 0.253 e. The predicted octanol–water partition coefficient (Wildman–Crippen LogP) is 3.16. The minimum Gasteiger partial charge on any atom is -0.357 e. The molecule has 0 aliphatic carbocycles. The van der Waals surface area contributed by atoms with Gasteiger partial charge in [0.2, 0.25) is 0 Å². The lowest BCUT2D eigenvalue weighted by molar-refractivity contribution is 0.0952. The number of para-hydroxylation sites is 1. The van der Waals surface area contributed by atoms with Crippen LogP contribution in [-0.4, -0.2) is 29.0 Å². The van der Waals surface area contributed by atoms with Crippen LogP contribution in [0.4, 0.5) is 5.82 Å². The predicted molar refractivity (Wildman–Crippen MR) is 98.6 cm³/mol. The molecule has 1 amide bonds. The van der Waals surface area contributed by atoms with Gasteiger partial charge < -0.3 is 10.2 Å². The van der Waals surface area contributed by atoms with E-state index in [2.05, 4.69) is 26.3 Å². The van der Waals surface area contributed by atoms with E-state index in [9.17, 15) is 4.79 Å². The van der Waals surface area contributed by atoms with E-state index < -0.39 is 0 Å². The molecule has 1 aromatic carbocycles. The van der Waals surface area contributed by atoms with Gasteiger partial charge in [0.05, 0.1) is 11.1 Å². The third-order valence-corrected chi connectivity index (χ3v) is 4.57. The van der Waals surface area contributed by atoms with Crippen LogP contribution < -0.4 is 10.2 Å². The van der Waals surface area contributed by atoms with Gasteiger partial charge in [-0.3, -0.25) is 9.78 Å². The number of hydrogen-bond acceptors (Lipinski definition) is 4. The highest BCUT2D eigenvalue weighted by Gasteiger charge is 2.14. The molecule has 4 rings (SSSR count). The van der Waals surface area contributed by atoms with Crippen molar-refractivity contribution < 1.29 is 4.79 Å². The third kappa shape index (κ3) is 3.31. The van der Waals surface area contributed by atoms with Crippen molar-refractivity contribution in [1.82, 2.24) is 15.3 Å². The third-order valence-electron chi connectivity index (χ3n) is 4.57. The fourth-order valence-corrected chi connectivity index (χ4v) is 3.25. The SMILES string of the molecule is O=C(NCc1ccnc(N2CCCC2)c1)c1cccc2cccnc12. The van der Waals surface area contributed by atoms with Gasteiger partial charge in [0, 0.05) is 37.4 Å². The molecule has 0 saturated carbocycles. The zero-order valence-corrected chi connectivity index (χ0v) is 14.0. The van der Waals surface area contributed by atoms with Crippen molar-refractivity contribution in [2.75, 3.05) is 18.0 Å². The Bertz CT molecular complexity index is 898. The Balaban J connectivity index is 1.49. The molecule has 0 spiro atoms. The van der Waals surface area contributed by atoms with E-state index in [0.717, 1.165) is 35.4 Å². The Hall–Kier alpha value is -2.95. The standard InChI is InChI=1S/C20H20N4O/c25-20(17-7-3-5-16-6-4-9-22-19(16)17)23-14-15-8-10-21-18(13-15)24-11-1-2-12-24/h3-10,13H,1-2,11-12,14H2,(H,23,25). The molecule has 3 aromatic rings. The van der Waals surface area contributed by atoms with Crippen LogP contribution in [-0.2, 0) is 6.54 Å². The second kappa shape index (κ2) is 6.89. The van der Waals surface area contributed by atoms with Crippen LogP contribution in [0.3, 0.4) is 0 Å². The monoisotopic (exact) mass is 332 g/mol. The summed E-state index contributed by atoms with van der Waals surface area (Å²) >= 11 is 0. The maximum atomic E-state index is 12.6. The molecule has 25 heavy (non-hydrogen) atoms. The number of aromatic nitrogens is 2. The molecule has 0 atom stereocenters. The lowest BCUT2D eigenvalue weighted by Crippen LogP contribution is -2.24. The quantitative estimate of drug-likeness (QED) is 0.797. The molecule has 1 fully saturated rings. The highest BCUT2D eigenvalue weighted by Crippen LogP contribution is 2.19. The van der Waals surface area contributed by atoms with Crippen molar-refractivity contribution >= 4 is 22.6 Å². The number of carbonyl (C=O) groups is 1. The number of carbonyl (C=O) groups excluding carboxylic acids is 1. The molecular formula is C20H20N4O. The van der Waals surface area contributed by atoms with Gasteiger partial charge in [-0.1, -0.05) is 18.2 Å². The minimum absolute atomic E-state index is 0.108. The molecule has 2 aromatic heterocycles. The zero-order chi connectivity index (χ0) is 17.1. The molecule has 3 heterocycles. The summed E-state index contributed by atoms with van der Waals surface area (Å²) in [5, 5.41) is 3.97. The van der Waals surface area contributed by atoms with Crippen LogP contribution in [0.25, 0.3) is 10.9 Å². The highest BCUT2D eigenvalue weighted by molar-refractivity contribution is 6.05. The summed E-state index contributed by atoms with van der Waals surface area (Å²) in [7, 11) is 0. The van der Waals surface area contributed by atoms with Crippen molar-refractivity contribution in [3.63, 3.8) is 0 Å². The topological polar surface area (TPSA) is 58.1 Å². The van der Waals surface area contributed by atoms with Gasteiger partial charge in [0.1, 0.15) is 5.82 Å². The second-order valence-electron chi connectivity index (χ2n) is 6.28. The number of nitrogens with one attached hydrogen (secondary N) is 1. The Kier molecular flexibility index (Phi) is 4.29. The summed E-state index contributed by atoms with van der Waals surface area (Å²) in [6.45, 7) is 2.60. The summed E-state index contributed by atoms with van der Waals surface area (Å²) in [5.41, 5.74) is 2.39. The van der Waals surface area contributed by atoms with E-state index >= 15 is 0 Å². The molecule has 1 aliphatic rings. The van der Waals surface area contributed by atoms with E-state index in [4.69, 9.17) is 0 Å². The van der Waals surface area contributed by atoms with Crippen LogP contribution >= 0.6 is 0 Å². The molecule has 126 valence electrons. The molecule has 0 unspecified atom stereocenters. The minimum atomic E-state index is -0.108. The van der Waals surface area contributed by atoms with E-state index in [-0.39, 0.29) is 5.91 Å². The average Bonchev–Trinajstić information content (AvgIpc) is 3.21. The summed E-state index contributed by atoms with van der Waals surface area (Å²) in [5.74, 6) is 0.889. The van der Waals surface area contributed by atoms with Crippen molar-refractivity contribution in [3.8, 4) is 0 Å². The number of nitrogens with zero attached hydrogens (tertiary/aromatic N) is 3. The van der Waals surface area contributed by atoms with Crippen molar-refractivity contribution in [1.29, 1.82) is 0 Å². The largest absolute Gasteiger partial charge is 0.357 e. The van der Waals surface area contributed by atoms with Crippen LogP contribution in [0.15, 0.2) is 54.9 Å². The van der Waals surface area contributed by atoms with Gasteiger partial charge in [0.15, 0.2) is 0 Å². The van der Waals surface area contributed by atoms with Crippen LogP contribution in [0.1, 0.15) is 28.8 Å². The summed E-state index contributed by atoms with van der Waals surface area (Å²) in [6.07, 6.45) is 5.96. The molecule has 1 N–H and O–H groups in total. The second-order valence-corrected chi connectivity index (χ2v) is 6.28. The number of benzene rings is 1. The van der Waals surface area contributed by atoms with Crippen LogP contribution in [0.2, 0.25) is 0 Å². The Morgan fingerprint density at radius 1 is 1.04 bits per heavy atom. The maximum absolute atomic E-state index is 12.6. The first kappa shape index (κ1) is 15.6. The van der Waals surface area contributed by atoms with Crippen molar-refractivity contribution in [3.05, 3.63) is 66.0 Å². The lowest BCUT2D eigenvalue weighted by atomic mass is 10.1. The van der Waals surface area contributed by atoms with Gasteiger partial charge in [-0.15, -0.1) is 0 Å². The number of anilines is 1. The van der Waals surface area contributed by atoms with Gasteiger partial charge in [-0.25, -0.2) is 4.98 Å². The van der Waals surface area contributed by atoms with Gasteiger partial charge in [-0.05, 0) is 42.7 Å². The molecule has 1 aliphatic heterocycles. The van der Waals surface area contributed by atoms with E-state index in [0.29, 0.717) is 12.1 Å². The van der Waals surface area contributed by atoms with Crippen molar-refractivity contribution in [2.24, 2.45) is 0 Å². The van der Waals surface area contributed by atoms with Crippen molar-refractivity contribution in [2.45, 2.75) is 19.4 Å². The first-order chi connectivity index (χ1) is 12.3. The Morgan fingerprint density at radius 3 is 2.76 bits per heavy atom. The summed E-state index contributed by atoms with van der Waals surface area (Å²) in [4.78, 5) is 23.7. The molecule has 5 heteroatoms. The summed E-state index contributed by atoms with van der Waals surface area (Å²) < 4.78 is 0. The average molecular weight is 332 g/mol. The first-order valence-corrected chi connectivity index (χ1v) is 8.63. The Labute approximate surface area is 146 Å². The number of rotatable bonds is 4. The van der Waals surface area contributed by atoms with Gasteiger partial charge in [0.25, 0.3) is 5.91 Å². The molecule has 0 radical (unpaired) electrons. The number of pyridine rings is 2. The number of hydrogen-bond donors (Lipinski definition) is 1. The van der Waals surface area contributed by atoms with E-state index in [1.807, 2.05) is 42.6 Å². The fourth-order valence-electron chi connectivity index (χ4n) is 3.25. The molecular weight excluding hydrogens is 312 g/mol. The van der Waals surface area contributed by atoms with Gasteiger partial charge in [-0.2, -0.15) is 0 Å². The van der Waals surface area contributed by atoms with Gasteiger partial charge >= 0.3 is 0 Å². The van der Waals surface area contributed by atoms with E-state index in [1.54, 1.807) is 6.20 Å². The highest BCUT2D eigenvalue weighted by atomic mass is 16.1. The van der Waals surface area contributed by atoms with E-state index in [1.165, 1.54) is 12.8 Å². The normalized spacial score (nSPS) is 14.0. The Morgan fingerprint density at radius 2 is 1.88 bits per heavy atom. The molecule has 1 saturated heterocycles. The first-order valence-electron chi connectivity index (χ1n) is 8.63. The number of fused-ring (bicyclic) bond motifs is 1.